The summed E-state index contributed by atoms with van der Waals surface area (Å²) in [7, 11) is 0. The molecule has 1 aliphatic heterocycles. The monoisotopic (exact) mass is 297 g/mol. The number of hydrogen-bond acceptors (Lipinski definition) is 7. The van der Waals surface area contributed by atoms with Crippen LogP contribution in [0.2, 0.25) is 0 Å². The number of nitrogens with one attached hydrogen (secondary N) is 2. The third-order valence-corrected chi connectivity index (χ3v) is 3.16. The lowest BCUT2D eigenvalue weighted by molar-refractivity contribution is 0.0974. The van der Waals surface area contributed by atoms with E-state index in [2.05, 4.69) is 20.8 Å². The minimum atomic E-state index is -0.570. The van der Waals surface area contributed by atoms with E-state index in [-0.39, 0.29) is 22.4 Å². The summed E-state index contributed by atoms with van der Waals surface area (Å²) in [5.74, 6) is -0.478. The molecule has 3 N–H and O–H groups in total. The first-order valence-electron chi connectivity index (χ1n) is 6.46. The van der Waals surface area contributed by atoms with Gasteiger partial charge in [0.25, 0.3) is 5.91 Å². The summed E-state index contributed by atoms with van der Waals surface area (Å²) in [6.45, 7) is 1.21. The Bertz CT molecular complexity index is 790. The number of hydrogen-bond donors (Lipinski definition) is 3. The van der Waals surface area contributed by atoms with Crippen LogP contribution in [0.15, 0.2) is 34.1 Å². The van der Waals surface area contributed by atoms with E-state index in [1.54, 1.807) is 0 Å². The number of phenolic OH excluding ortho intramolecular Hbond substituents is 1. The Morgan fingerprint density at radius 3 is 3.00 bits per heavy atom. The largest absolute Gasteiger partial charge is 0.507 e. The zero-order valence-electron chi connectivity index (χ0n) is 11.3. The molecule has 0 atom stereocenters. The minimum absolute atomic E-state index is 0.0290. The fourth-order valence-corrected chi connectivity index (χ4v) is 2.19. The Morgan fingerprint density at radius 1 is 1.50 bits per heavy atom. The number of aromatic hydroxyl groups is 1. The van der Waals surface area contributed by atoms with Gasteiger partial charge in [-0.1, -0.05) is 5.16 Å². The maximum Gasteiger partial charge on any atom is 0.262 e. The number of rotatable bonds is 2. The molecule has 110 valence electrons. The van der Waals surface area contributed by atoms with Crippen molar-refractivity contribution in [3.63, 3.8) is 0 Å². The van der Waals surface area contributed by atoms with Crippen LogP contribution in [0.4, 0.5) is 0 Å². The second-order valence-electron chi connectivity index (χ2n) is 4.52. The van der Waals surface area contributed by atoms with Gasteiger partial charge in [-0.05, 0) is 12.1 Å². The number of carbonyl (C=O) groups excluding carboxylic acids is 1. The molecule has 0 spiro atoms. The molecule has 8 heteroatoms. The highest BCUT2D eigenvalue weighted by Crippen LogP contribution is 2.33. The van der Waals surface area contributed by atoms with Gasteiger partial charge in [0.2, 0.25) is 0 Å². The zero-order valence-corrected chi connectivity index (χ0v) is 11.3. The van der Waals surface area contributed by atoms with Gasteiger partial charge in [0.15, 0.2) is 5.96 Å². The summed E-state index contributed by atoms with van der Waals surface area (Å²) in [4.78, 5) is 16.5. The molecule has 1 aliphatic rings. The van der Waals surface area contributed by atoms with E-state index >= 15 is 0 Å². The number of carbonyl (C=O) groups is 1. The normalized spacial score (nSPS) is 13.1. The van der Waals surface area contributed by atoms with Crippen molar-refractivity contribution in [1.29, 1.82) is 5.26 Å². The molecule has 0 radical (unpaired) electrons. The van der Waals surface area contributed by atoms with Crippen LogP contribution in [0, 0.1) is 11.3 Å². The first-order valence-corrected chi connectivity index (χ1v) is 6.46. The summed E-state index contributed by atoms with van der Waals surface area (Å²) < 4.78 is 4.77. The second-order valence-corrected chi connectivity index (χ2v) is 4.52. The maximum absolute atomic E-state index is 12.5. The molecule has 0 bridgehead atoms. The SMILES string of the molecule is N#Cc1ccc(O)c(C(=O)NC2=NCCN2)c1-c1cnoc1. The van der Waals surface area contributed by atoms with E-state index in [1.165, 1.54) is 24.6 Å². The van der Waals surface area contributed by atoms with Crippen molar-refractivity contribution in [3.8, 4) is 22.9 Å². The van der Waals surface area contributed by atoms with Gasteiger partial charge in [-0.2, -0.15) is 5.26 Å². The number of nitrogens with zero attached hydrogens (tertiary/aromatic N) is 3. The topological polar surface area (TPSA) is 124 Å². The van der Waals surface area contributed by atoms with Gasteiger partial charge < -0.3 is 14.9 Å². The van der Waals surface area contributed by atoms with Crippen molar-refractivity contribution < 1.29 is 14.4 Å². The quantitative estimate of drug-likeness (QED) is 0.746. The number of phenols is 1. The fraction of sp³-hybridized carbons (Fsp3) is 0.143. The molecule has 0 saturated heterocycles. The number of aliphatic imine (C=N–C) groups is 1. The summed E-state index contributed by atoms with van der Waals surface area (Å²) in [6.07, 6.45) is 2.68. The number of guanidine groups is 1. The van der Waals surface area contributed by atoms with Crippen LogP contribution in [-0.2, 0) is 0 Å². The Labute approximate surface area is 125 Å². The molecule has 0 saturated carbocycles. The highest BCUT2D eigenvalue weighted by molar-refractivity contribution is 6.11. The lowest BCUT2D eigenvalue weighted by Crippen LogP contribution is -2.38. The maximum atomic E-state index is 12.5. The van der Waals surface area contributed by atoms with E-state index in [4.69, 9.17) is 4.52 Å². The van der Waals surface area contributed by atoms with Crippen LogP contribution in [0.5, 0.6) is 5.75 Å². The van der Waals surface area contributed by atoms with Gasteiger partial charge >= 0.3 is 0 Å². The van der Waals surface area contributed by atoms with Gasteiger partial charge in [-0.3, -0.25) is 15.1 Å². The van der Waals surface area contributed by atoms with Crippen LogP contribution in [-0.4, -0.2) is 35.2 Å². The molecule has 1 aromatic heterocycles. The third-order valence-electron chi connectivity index (χ3n) is 3.16. The predicted molar refractivity (Wildman–Crippen MR) is 76.1 cm³/mol. The van der Waals surface area contributed by atoms with Gasteiger partial charge in [-0.25, -0.2) is 0 Å². The molecule has 1 aromatic carbocycles. The highest BCUT2D eigenvalue weighted by Gasteiger charge is 2.23. The lowest BCUT2D eigenvalue weighted by atomic mass is 9.95. The zero-order chi connectivity index (χ0) is 15.5. The first-order chi connectivity index (χ1) is 10.7. The Balaban J connectivity index is 2.09. The van der Waals surface area contributed by atoms with E-state index in [0.29, 0.717) is 24.6 Å². The fourth-order valence-electron chi connectivity index (χ4n) is 2.19. The molecule has 8 nitrogen and oxygen atoms in total. The van der Waals surface area contributed by atoms with Gasteiger partial charge in [0.1, 0.15) is 12.0 Å². The van der Waals surface area contributed by atoms with Crippen LogP contribution in [0.1, 0.15) is 15.9 Å². The minimum Gasteiger partial charge on any atom is -0.507 e. The summed E-state index contributed by atoms with van der Waals surface area (Å²) in [5, 5.41) is 28.4. The van der Waals surface area contributed by atoms with Crippen LogP contribution < -0.4 is 10.6 Å². The average Bonchev–Trinajstić information content (AvgIpc) is 3.20. The smallest absolute Gasteiger partial charge is 0.262 e. The van der Waals surface area contributed by atoms with E-state index in [9.17, 15) is 15.2 Å². The second kappa shape index (κ2) is 5.57. The number of benzene rings is 1. The van der Waals surface area contributed by atoms with E-state index in [1.807, 2.05) is 6.07 Å². The number of aromatic nitrogens is 1. The van der Waals surface area contributed by atoms with Crippen molar-refractivity contribution >= 4 is 11.9 Å². The van der Waals surface area contributed by atoms with Crippen molar-refractivity contribution in [3.05, 3.63) is 35.7 Å². The van der Waals surface area contributed by atoms with Gasteiger partial charge in [0, 0.05) is 17.7 Å². The Kier molecular flexibility index (Phi) is 3.45. The third kappa shape index (κ3) is 2.35. The molecule has 2 aromatic rings. The molecular formula is C14H11N5O3. The molecule has 2 heterocycles. The molecule has 3 rings (SSSR count). The number of nitriles is 1. The van der Waals surface area contributed by atoms with Crippen molar-refractivity contribution in [1.82, 2.24) is 15.8 Å². The predicted octanol–water partition coefficient (Wildman–Crippen LogP) is 0.608. The standard InChI is InChI=1S/C14H11N5O3/c15-5-8-1-2-10(20)12(11(8)9-6-18-22-7-9)13(21)19-14-16-3-4-17-14/h1-2,6-7,20H,3-4H2,(H2,16,17,19,21). The summed E-state index contributed by atoms with van der Waals surface area (Å²) in [5.41, 5.74) is 0.893. The highest BCUT2D eigenvalue weighted by atomic mass is 16.5. The molecule has 0 fully saturated rings. The van der Waals surface area contributed by atoms with Gasteiger partial charge in [0.05, 0.1) is 29.9 Å². The van der Waals surface area contributed by atoms with Crippen molar-refractivity contribution in [2.24, 2.45) is 4.99 Å². The van der Waals surface area contributed by atoms with Crippen molar-refractivity contribution in [2.75, 3.05) is 13.1 Å². The Morgan fingerprint density at radius 2 is 2.36 bits per heavy atom. The van der Waals surface area contributed by atoms with E-state index < -0.39 is 5.91 Å². The van der Waals surface area contributed by atoms with Gasteiger partial charge in [-0.15, -0.1) is 0 Å². The first kappa shape index (κ1) is 13.6. The van der Waals surface area contributed by atoms with Crippen LogP contribution in [0.3, 0.4) is 0 Å². The molecule has 0 unspecified atom stereocenters. The summed E-state index contributed by atoms with van der Waals surface area (Å²) in [6, 6.07) is 4.72. The van der Waals surface area contributed by atoms with Crippen LogP contribution >= 0.6 is 0 Å². The molecule has 1 amide bonds. The number of amides is 1. The summed E-state index contributed by atoms with van der Waals surface area (Å²) >= 11 is 0. The van der Waals surface area contributed by atoms with E-state index in [0.717, 1.165) is 0 Å². The molecule has 22 heavy (non-hydrogen) atoms. The molecule has 0 aliphatic carbocycles. The molecular weight excluding hydrogens is 286 g/mol. The average molecular weight is 297 g/mol. The Hall–Kier alpha value is -3.34. The van der Waals surface area contributed by atoms with Crippen molar-refractivity contribution in [2.45, 2.75) is 0 Å². The van der Waals surface area contributed by atoms with Crippen LogP contribution in [0.25, 0.3) is 11.1 Å². The lowest BCUT2D eigenvalue weighted by Gasteiger charge is -2.12.